The van der Waals surface area contributed by atoms with Crippen LogP contribution in [0.2, 0.25) is 0 Å². The van der Waals surface area contributed by atoms with Gasteiger partial charge in [0.05, 0.1) is 44.4 Å². The second kappa shape index (κ2) is 8.93. The number of fused-ring (bicyclic) bond motifs is 1. The Morgan fingerprint density at radius 3 is 2.97 bits per heavy atom. The first-order valence-electron chi connectivity index (χ1n) is 10.4. The average molecular weight is 414 g/mol. The molecule has 30 heavy (non-hydrogen) atoms. The Hall–Kier alpha value is -2.78. The number of aromatic nitrogens is 5. The van der Waals surface area contributed by atoms with Crippen LogP contribution in [0.25, 0.3) is 10.9 Å². The molecule has 1 aliphatic heterocycles. The van der Waals surface area contributed by atoms with E-state index in [4.69, 9.17) is 9.47 Å². The van der Waals surface area contributed by atoms with Crippen molar-refractivity contribution >= 4 is 10.9 Å². The topological polar surface area (TPSA) is 99.4 Å². The van der Waals surface area contributed by atoms with E-state index in [1.54, 1.807) is 18.9 Å². The fourth-order valence-corrected chi connectivity index (χ4v) is 4.43. The molecule has 1 saturated heterocycles. The molecule has 2 aromatic heterocycles. The van der Waals surface area contributed by atoms with Gasteiger partial charge in [-0.3, -0.25) is 4.79 Å². The van der Waals surface area contributed by atoms with Crippen LogP contribution in [0.3, 0.4) is 0 Å². The number of hydrogen-bond acceptors (Lipinski definition) is 6. The quantitative estimate of drug-likeness (QED) is 0.588. The highest BCUT2D eigenvalue weighted by molar-refractivity contribution is 5.80. The molecule has 3 aromatic rings. The Morgan fingerprint density at radius 1 is 1.33 bits per heavy atom. The van der Waals surface area contributed by atoms with Crippen molar-refractivity contribution < 1.29 is 14.4 Å². The number of nitrogens with zero attached hydrogens (tertiary/aromatic N) is 4. The normalized spacial score (nSPS) is 20.4. The van der Waals surface area contributed by atoms with E-state index < -0.39 is 0 Å². The lowest BCUT2D eigenvalue weighted by Crippen LogP contribution is -3.14. The third kappa shape index (κ3) is 4.08. The summed E-state index contributed by atoms with van der Waals surface area (Å²) in [6.45, 7) is 5.26. The van der Waals surface area contributed by atoms with Crippen LogP contribution in [-0.2, 0) is 11.3 Å². The van der Waals surface area contributed by atoms with E-state index in [-0.39, 0.29) is 11.6 Å². The summed E-state index contributed by atoms with van der Waals surface area (Å²) in [5.41, 5.74) is 1.32. The van der Waals surface area contributed by atoms with E-state index in [0.717, 1.165) is 30.4 Å². The van der Waals surface area contributed by atoms with Gasteiger partial charge >= 0.3 is 0 Å². The SMILES string of the molecule is COCCn1nnnc1[C@H](c1cc2ccc(OC)cc2[nH]c1=O)[NH+]1CCC[C@H](C)C1. The monoisotopic (exact) mass is 413 g/mol. The summed E-state index contributed by atoms with van der Waals surface area (Å²) < 4.78 is 12.3. The van der Waals surface area contributed by atoms with E-state index in [9.17, 15) is 4.79 Å². The van der Waals surface area contributed by atoms with Gasteiger partial charge in [-0.2, -0.15) is 0 Å². The predicted molar refractivity (Wildman–Crippen MR) is 112 cm³/mol. The van der Waals surface area contributed by atoms with E-state index >= 15 is 0 Å². The maximum atomic E-state index is 13.2. The van der Waals surface area contributed by atoms with Gasteiger partial charge in [-0.25, -0.2) is 4.68 Å². The van der Waals surface area contributed by atoms with Gasteiger partial charge in [-0.1, -0.05) is 6.92 Å². The summed E-state index contributed by atoms with van der Waals surface area (Å²) in [5, 5.41) is 13.4. The van der Waals surface area contributed by atoms with Gasteiger partial charge in [-0.15, -0.1) is 5.10 Å². The molecule has 0 spiro atoms. The molecule has 1 aliphatic rings. The Bertz CT molecular complexity index is 1060. The third-order valence-electron chi connectivity index (χ3n) is 5.93. The van der Waals surface area contributed by atoms with Gasteiger partial charge in [0.1, 0.15) is 5.75 Å². The lowest BCUT2D eigenvalue weighted by atomic mass is 9.95. The van der Waals surface area contributed by atoms with Crippen LogP contribution >= 0.6 is 0 Å². The summed E-state index contributed by atoms with van der Waals surface area (Å²) in [7, 11) is 3.27. The fraction of sp³-hybridized carbons (Fsp3) is 0.524. The molecule has 0 saturated carbocycles. The zero-order valence-electron chi connectivity index (χ0n) is 17.7. The van der Waals surface area contributed by atoms with E-state index in [0.29, 0.717) is 36.2 Å². The van der Waals surface area contributed by atoms with Crippen LogP contribution in [0.4, 0.5) is 0 Å². The summed E-state index contributed by atoms with van der Waals surface area (Å²) in [4.78, 5) is 17.6. The fourth-order valence-electron chi connectivity index (χ4n) is 4.43. The number of likely N-dealkylation sites (tertiary alicyclic amines) is 1. The largest absolute Gasteiger partial charge is 0.497 e. The predicted octanol–water partition coefficient (Wildman–Crippen LogP) is 0.574. The average Bonchev–Trinajstić information content (AvgIpc) is 3.20. The molecule has 0 amide bonds. The highest BCUT2D eigenvalue weighted by atomic mass is 16.5. The number of H-pyrrole nitrogens is 1. The maximum absolute atomic E-state index is 13.2. The second-order valence-corrected chi connectivity index (χ2v) is 8.05. The molecule has 3 heterocycles. The third-order valence-corrected chi connectivity index (χ3v) is 5.93. The number of ether oxygens (including phenoxy) is 2. The smallest absolute Gasteiger partial charge is 0.258 e. The van der Waals surface area contributed by atoms with Crippen LogP contribution in [-0.4, -0.2) is 59.1 Å². The zero-order chi connectivity index (χ0) is 21.1. The molecular weight excluding hydrogens is 384 g/mol. The highest BCUT2D eigenvalue weighted by Crippen LogP contribution is 2.22. The van der Waals surface area contributed by atoms with Crippen LogP contribution in [0.15, 0.2) is 29.1 Å². The van der Waals surface area contributed by atoms with Crippen LogP contribution in [0, 0.1) is 5.92 Å². The molecule has 0 bridgehead atoms. The highest BCUT2D eigenvalue weighted by Gasteiger charge is 2.36. The lowest BCUT2D eigenvalue weighted by Gasteiger charge is -2.33. The zero-order valence-corrected chi connectivity index (χ0v) is 17.7. The molecule has 0 radical (unpaired) electrons. The van der Waals surface area contributed by atoms with Crippen molar-refractivity contribution in [1.82, 2.24) is 25.2 Å². The van der Waals surface area contributed by atoms with Gasteiger partial charge in [0, 0.05) is 19.1 Å². The first kappa shape index (κ1) is 20.5. The minimum atomic E-state index is -0.241. The molecule has 0 aliphatic carbocycles. The minimum absolute atomic E-state index is 0.118. The maximum Gasteiger partial charge on any atom is 0.258 e. The van der Waals surface area contributed by atoms with Crippen LogP contribution in [0.5, 0.6) is 5.75 Å². The lowest BCUT2D eigenvalue weighted by molar-refractivity contribution is -0.934. The number of methoxy groups -OCH3 is 2. The number of hydrogen-bond donors (Lipinski definition) is 2. The van der Waals surface area contributed by atoms with E-state index in [1.165, 1.54) is 11.3 Å². The van der Waals surface area contributed by atoms with Crippen molar-refractivity contribution in [3.63, 3.8) is 0 Å². The van der Waals surface area contributed by atoms with E-state index in [1.807, 2.05) is 24.3 Å². The van der Waals surface area contributed by atoms with Crippen molar-refractivity contribution in [3.8, 4) is 5.75 Å². The molecular formula is C21H29N6O3+. The molecule has 1 unspecified atom stereocenters. The number of quaternary nitrogens is 1. The molecule has 4 rings (SSSR count). The number of piperidine rings is 1. The summed E-state index contributed by atoms with van der Waals surface area (Å²) in [6.07, 6.45) is 2.33. The van der Waals surface area contributed by atoms with Crippen molar-refractivity contribution in [1.29, 1.82) is 0 Å². The number of rotatable bonds is 7. The number of benzene rings is 1. The Labute approximate surface area is 175 Å². The van der Waals surface area contributed by atoms with Crippen molar-refractivity contribution in [3.05, 3.63) is 46.0 Å². The summed E-state index contributed by atoms with van der Waals surface area (Å²) in [5.74, 6) is 2.00. The number of pyridine rings is 1. The van der Waals surface area contributed by atoms with Crippen molar-refractivity contribution in [2.24, 2.45) is 5.92 Å². The molecule has 9 nitrogen and oxygen atoms in total. The molecule has 9 heteroatoms. The number of tetrazole rings is 1. The Balaban J connectivity index is 1.82. The first-order valence-corrected chi connectivity index (χ1v) is 10.4. The number of aromatic amines is 1. The van der Waals surface area contributed by atoms with Gasteiger partial charge in [0.15, 0.2) is 6.04 Å². The van der Waals surface area contributed by atoms with Crippen LogP contribution in [0.1, 0.15) is 37.2 Å². The Kier molecular flexibility index (Phi) is 6.10. The van der Waals surface area contributed by atoms with Crippen molar-refractivity contribution in [2.45, 2.75) is 32.4 Å². The van der Waals surface area contributed by atoms with E-state index in [2.05, 4.69) is 27.4 Å². The second-order valence-electron chi connectivity index (χ2n) is 8.05. The molecule has 3 atom stereocenters. The Morgan fingerprint density at radius 2 is 2.20 bits per heavy atom. The van der Waals surface area contributed by atoms with Gasteiger partial charge in [-0.05, 0) is 46.9 Å². The molecule has 1 fully saturated rings. The minimum Gasteiger partial charge on any atom is -0.497 e. The van der Waals surface area contributed by atoms with Gasteiger partial charge in [0.25, 0.3) is 5.56 Å². The first-order chi connectivity index (χ1) is 14.6. The molecule has 2 N–H and O–H groups in total. The molecule has 1 aromatic carbocycles. The standard InChI is InChI=1S/C21H28N6O3/c1-14-5-4-8-26(13-14)19(20-23-24-25-27(20)9-10-29-2)17-11-15-6-7-16(30-3)12-18(15)22-21(17)28/h6-7,11-12,14,19H,4-5,8-10,13H2,1-3H3,(H,22,28)/p+1/t14-,19-/m0/s1. The van der Waals surface area contributed by atoms with Crippen molar-refractivity contribution in [2.75, 3.05) is 33.9 Å². The van der Waals surface area contributed by atoms with Crippen LogP contribution < -0.4 is 15.2 Å². The molecule has 160 valence electrons. The summed E-state index contributed by atoms with van der Waals surface area (Å²) in [6, 6.07) is 7.44. The summed E-state index contributed by atoms with van der Waals surface area (Å²) >= 11 is 0. The van der Waals surface area contributed by atoms with Gasteiger partial charge < -0.3 is 19.4 Å². The van der Waals surface area contributed by atoms with Gasteiger partial charge in [0.2, 0.25) is 5.82 Å². The number of nitrogens with one attached hydrogen (secondary N) is 2.